The van der Waals surface area contributed by atoms with Gasteiger partial charge in [-0.05, 0) is 43.9 Å². The van der Waals surface area contributed by atoms with Crippen molar-refractivity contribution < 1.29 is 9.90 Å². The first kappa shape index (κ1) is 13.4. The Morgan fingerprint density at radius 3 is 3.00 bits per heavy atom. The first-order chi connectivity index (χ1) is 8.76. The normalized spacial score (nSPS) is 19.2. The molecule has 98 valence electrons. The van der Waals surface area contributed by atoms with E-state index in [1.807, 2.05) is 12.1 Å². The predicted molar refractivity (Wildman–Crippen MR) is 73.5 cm³/mol. The van der Waals surface area contributed by atoms with Crippen molar-refractivity contribution in [2.45, 2.75) is 31.7 Å². The third-order valence-corrected chi connectivity index (χ3v) is 3.84. The minimum Gasteiger partial charge on any atom is -0.396 e. The van der Waals surface area contributed by atoms with Crippen LogP contribution in [-0.2, 0) is 0 Å². The lowest BCUT2D eigenvalue weighted by atomic mass is 10.1. The third kappa shape index (κ3) is 2.85. The van der Waals surface area contributed by atoms with Crippen molar-refractivity contribution >= 4 is 23.6 Å². The maximum Gasteiger partial charge on any atom is 0.151 e. The molecule has 1 aliphatic rings. The summed E-state index contributed by atoms with van der Waals surface area (Å²) in [6.45, 7) is 1.27. The van der Waals surface area contributed by atoms with Gasteiger partial charge in [-0.25, -0.2) is 0 Å². The van der Waals surface area contributed by atoms with Crippen LogP contribution in [0.4, 0.5) is 5.69 Å². The Morgan fingerprint density at radius 1 is 1.50 bits per heavy atom. The summed E-state index contributed by atoms with van der Waals surface area (Å²) in [7, 11) is 0. The molecule has 2 rings (SSSR count). The van der Waals surface area contributed by atoms with Gasteiger partial charge >= 0.3 is 0 Å². The number of anilines is 1. The average Bonchev–Trinajstić information content (AvgIpc) is 2.84. The third-order valence-electron chi connectivity index (χ3n) is 3.52. The number of aliphatic hydroxyl groups is 1. The van der Waals surface area contributed by atoms with Crippen molar-refractivity contribution in [3.63, 3.8) is 0 Å². The molecule has 1 aliphatic heterocycles. The molecule has 1 heterocycles. The van der Waals surface area contributed by atoms with Crippen molar-refractivity contribution in [2.75, 3.05) is 18.1 Å². The number of hydrogen-bond acceptors (Lipinski definition) is 3. The summed E-state index contributed by atoms with van der Waals surface area (Å²) in [4.78, 5) is 13.1. The van der Waals surface area contributed by atoms with E-state index in [-0.39, 0.29) is 6.61 Å². The number of rotatable bonds is 5. The van der Waals surface area contributed by atoms with E-state index in [0.29, 0.717) is 16.6 Å². The number of aldehydes is 1. The van der Waals surface area contributed by atoms with Crippen LogP contribution in [0.25, 0.3) is 0 Å². The van der Waals surface area contributed by atoms with Gasteiger partial charge in [0.1, 0.15) is 0 Å². The fraction of sp³-hybridized carbons (Fsp3) is 0.500. The van der Waals surface area contributed by atoms with Gasteiger partial charge in [-0.3, -0.25) is 4.79 Å². The molecule has 4 heteroatoms. The molecule has 1 aromatic carbocycles. The Labute approximate surface area is 112 Å². The second kappa shape index (κ2) is 6.21. The maximum atomic E-state index is 10.7. The van der Waals surface area contributed by atoms with Gasteiger partial charge in [0.25, 0.3) is 0 Å². The molecular formula is C14H18ClNO2. The van der Waals surface area contributed by atoms with E-state index in [9.17, 15) is 4.79 Å². The van der Waals surface area contributed by atoms with E-state index in [1.54, 1.807) is 6.07 Å². The zero-order valence-corrected chi connectivity index (χ0v) is 11.1. The molecule has 3 nitrogen and oxygen atoms in total. The number of carbonyl (C=O) groups is 1. The number of halogens is 1. The average molecular weight is 268 g/mol. The van der Waals surface area contributed by atoms with E-state index in [2.05, 4.69) is 4.90 Å². The van der Waals surface area contributed by atoms with Crippen LogP contribution in [0, 0.1) is 0 Å². The summed E-state index contributed by atoms with van der Waals surface area (Å²) in [6, 6.07) is 6.07. The summed E-state index contributed by atoms with van der Waals surface area (Å²) in [5.74, 6) is 0. The minimum atomic E-state index is 0.245. The molecule has 0 spiro atoms. The van der Waals surface area contributed by atoms with Gasteiger partial charge in [-0.2, -0.15) is 0 Å². The minimum absolute atomic E-state index is 0.245. The second-order valence-electron chi connectivity index (χ2n) is 4.68. The summed E-state index contributed by atoms with van der Waals surface area (Å²) in [5, 5.41) is 9.43. The standard InChI is InChI=1S/C14H18ClNO2/c15-14-9-13(6-5-11(14)10-18)16-7-1-3-12(16)4-2-8-17/h5-6,9-10,12,17H,1-4,7-8H2. The Morgan fingerprint density at radius 2 is 2.33 bits per heavy atom. The number of benzene rings is 1. The highest BCUT2D eigenvalue weighted by Crippen LogP contribution is 2.30. The van der Waals surface area contributed by atoms with Crippen LogP contribution in [0.15, 0.2) is 18.2 Å². The van der Waals surface area contributed by atoms with Gasteiger partial charge in [0, 0.05) is 30.4 Å². The van der Waals surface area contributed by atoms with Gasteiger partial charge in [0.15, 0.2) is 6.29 Å². The lowest BCUT2D eigenvalue weighted by Crippen LogP contribution is -2.29. The molecule has 1 fully saturated rings. The number of aliphatic hydroxyl groups excluding tert-OH is 1. The predicted octanol–water partition coefficient (Wildman–Crippen LogP) is 2.89. The molecule has 0 aromatic heterocycles. The van der Waals surface area contributed by atoms with Crippen LogP contribution in [0.2, 0.25) is 5.02 Å². The molecule has 0 saturated carbocycles. The van der Waals surface area contributed by atoms with Gasteiger partial charge in [0.05, 0.1) is 5.02 Å². The Kier molecular flexibility index (Phi) is 4.61. The monoisotopic (exact) mass is 267 g/mol. The molecule has 0 bridgehead atoms. The Bertz CT molecular complexity index is 422. The van der Waals surface area contributed by atoms with Gasteiger partial charge in [-0.1, -0.05) is 11.6 Å². The lowest BCUT2D eigenvalue weighted by Gasteiger charge is -2.27. The van der Waals surface area contributed by atoms with Crippen LogP contribution in [0.1, 0.15) is 36.0 Å². The van der Waals surface area contributed by atoms with Gasteiger partial charge < -0.3 is 10.0 Å². The van der Waals surface area contributed by atoms with Crippen molar-refractivity contribution in [3.05, 3.63) is 28.8 Å². The molecule has 0 aliphatic carbocycles. The van der Waals surface area contributed by atoms with E-state index < -0.39 is 0 Å². The first-order valence-corrected chi connectivity index (χ1v) is 6.76. The molecule has 1 atom stereocenters. The topological polar surface area (TPSA) is 40.5 Å². The van der Waals surface area contributed by atoms with Crippen LogP contribution in [0.5, 0.6) is 0 Å². The molecule has 1 aromatic rings. The van der Waals surface area contributed by atoms with Crippen LogP contribution < -0.4 is 4.90 Å². The van der Waals surface area contributed by atoms with E-state index in [1.165, 1.54) is 6.42 Å². The van der Waals surface area contributed by atoms with E-state index in [4.69, 9.17) is 16.7 Å². The Balaban J connectivity index is 2.14. The molecule has 1 N–H and O–H groups in total. The number of carbonyl (C=O) groups excluding carboxylic acids is 1. The van der Waals surface area contributed by atoms with Crippen molar-refractivity contribution in [3.8, 4) is 0 Å². The fourth-order valence-electron chi connectivity index (χ4n) is 2.59. The van der Waals surface area contributed by atoms with Crippen LogP contribution in [0.3, 0.4) is 0 Å². The second-order valence-corrected chi connectivity index (χ2v) is 5.09. The number of hydrogen-bond donors (Lipinski definition) is 1. The SMILES string of the molecule is O=Cc1ccc(N2CCCC2CCCO)cc1Cl. The van der Waals surface area contributed by atoms with Crippen molar-refractivity contribution in [2.24, 2.45) is 0 Å². The van der Waals surface area contributed by atoms with E-state index >= 15 is 0 Å². The highest BCUT2D eigenvalue weighted by atomic mass is 35.5. The summed E-state index contributed by atoms with van der Waals surface area (Å²) in [6.07, 6.45) is 4.94. The molecular weight excluding hydrogens is 250 g/mol. The summed E-state index contributed by atoms with van der Waals surface area (Å²) >= 11 is 6.06. The highest BCUT2D eigenvalue weighted by Gasteiger charge is 2.24. The first-order valence-electron chi connectivity index (χ1n) is 6.38. The van der Waals surface area contributed by atoms with E-state index in [0.717, 1.165) is 37.8 Å². The quantitative estimate of drug-likeness (QED) is 0.834. The zero-order chi connectivity index (χ0) is 13.0. The molecule has 1 unspecified atom stereocenters. The van der Waals surface area contributed by atoms with Gasteiger partial charge in [-0.15, -0.1) is 0 Å². The van der Waals surface area contributed by atoms with Crippen LogP contribution >= 0.6 is 11.6 Å². The molecule has 1 saturated heterocycles. The van der Waals surface area contributed by atoms with Crippen LogP contribution in [-0.4, -0.2) is 30.6 Å². The largest absolute Gasteiger partial charge is 0.396 e. The molecule has 0 radical (unpaired) electrons. The summed E-state index contributed by atoms with van der Waals surface area (Å²) < 4.78 is 0. The van der Waals surface area contributed by atoms with Crippen molar-refractivity contribution in [1.82, 2.24) is 0 Å². The number of nitrogens with zero attached hydrogens (tertiary/aromatic N) is 1. The lowest BCUT2D eigenvalue weighted by molar-refractivity contribution is 0.112. The fourth-order valence-corrected chi connectivity index (χ4v) is 2.81. The van der Waals surface area contributed by atoms with Crippen molar-refractivity contribution in [1.29, 1.82) is 0 Å². The maximum absolute atomic E-state index is 10.7. The Hall–Kier alpha value is -1.06. The summed E-state index contributed by atoms with van der Waals surface area (Å²) in [5.41, 5.74) is 1.61. The molecule has 18 heavy (non-hydrogen) atoms. The highest BCUT2D eigenvalue weighted by molar-refractivity contribution is 6.33. The smallest absolute Gasteiger partial charge is 0.151 e. The zero-order valence-electron chi connectivity index (χ0n) is 10.3. The van der Waals surface area contributed by atoms with Gasteiger partial charge in [0.2, 0.25) is 0 Å². The molecule has 0 amide bonds.